The molecule has 0 unspecified atom stereocenters. The Kier molecular flexibility index (Phi) is 8.75. The summed E-state index contributed by atoms with van der Waals surface area (Å²) in [5.74, 6) is 0.648. The van der Waals surface area contributed by atoms with Crippen LogP contribution in [0.15, 0.2) is 36.8 Å². The summed E-state index contributed by atoms with van der Waals surface area (Å²) in [6.45, 7) is 3.82. The summed E-state index contributed by atoms with van der Waals surface area (Å²) in [6, 6.07) is 5.72. The molecule has 2 aromatic heterocycles. The molecule has 0 bridgehead atoms. The van der Waals surface area contributed by atoms with Gasteiger partial charge in [0.2, 0.25) is 0 Å². The highest BCUT2D eigenvalue weighted by molar-refractivity contribution is 5.85. The number of rotatable bonds is 6. The fraction of sp³-hybridized carbons (Fsp3) is 0.550. The maximum absolute atomic E-state index is 10.4. The molecule has 29 heavy (non-hydrogen) atoms. The minimum atomic E-state index is -0.247. The molecule has 9 heteroatoms. The summed E-state index contributed by atoms with van der Waals surface area (Å²) in [6.07, 6.45) is 8.06. The van der Waals surface area contributed by atoms with E-state index in [0.29, 0.717) is 19.0 Å². The van der Waals surface area contributed by atoms with E-state index >= 15 is 0 Å². The Balaban J connectivity index is 0.00000150. The van der Waals surface area contributed by atoms with E-state index in [1.807, 2.05) is 30.6 Å². The van der Waals surface area contributed by atoms with Gasteiger partial charge in [0.15, 0.2) is 5.82 Å². The van der Waals surface area contributed by atoms with Crippen LogP contribution >= 0.6 is 24.8 Å². The molecule has 1 saturated heterocycles. The Morgan fingerprint density at radius 3 is 2.45 bits per heavy atom. The first-order chi connectivity index (χ1) is 13.2. The topological polar surface area (TPSA) is 97.4 Å². The van der Waals surface area contributed by atoms with E-state index in [9.17, 15) is 5.11 Å². The highest BCUT2D eigenvalue weighted by Gasteiger charge is 2.55. The molecule has 1 spiro atoms. The molecule has 7 nitrogen and oxygen atoms in total. The fourth-order valence-corrected chi connectivity index (χ4v) is 4.28. The van der Waals surface area contributed by atoms with Crippen LogP contribution in [-0.4, -0.2) is 63.4 Å². The van der Waals surface area contributed by atoms with Gasteiger partial charge in [-0.05, 0) is 38.1 Å². The van der Waals surface area contributed by atoms with Crippen molar-refractivity contribution in [3.05, 3.63) is 42.4 Å². The van der Waals surface area contributed by atoms with Gasteiger partial charge in [0.1, 0.15) is 5.69 Å². The third-order valence-electron chi connectivity index (χ3n) is 5.97. The van der Waals surface area contributed by atoms with Crippen molar-refractivity contribution in [1.29, 1.82) is 0 Å². The number of aliphatic hydroxyl groups excluding tert-OH is 1. The van der Waals surface area contributed by atoms with E-state index in [4.69, 9.17) is 10.5 Å². The van der Waals surface area contributed by atoms with Crippen LogP contribution in [0.4, 0.5) is 0 Å². The molecule has 0 aromatic carbocycles. The normalized spacial score (nSPS) is 23.0. The second kappa shape index (κ2) is 10.6. The van der Waals surface area contributed by atoms with E-state index in [1.165, 1.54) is 0 Å². The molecule has 160 valence electrons. The molecule has 2 aromatic rings. The number of hydrogen-bond acceptors (Lipinski definition) is 7. The van der Waals surface area contributed by atoms with E-state index in [-0.39, 0.29) is 42.4 Å². The summed E-state index contributed by atoms with van der Waals surface area (Å²) in [5.41, 5.74) is 7.35. The van der Waals surface area contributed by atoms with Crippen LogP contribution in [0.3, 0.4) is 0 Å². The lowest BCUT2D eigenvalue weighted by Crippen LogP contribution is -2.62. The number of ether oxygens (including phenoxy) is 1. The molecule has 0 radical (unpaired) electrons. The molecule has 2 aliphatic rings. The summed E-state index contributed by atoms with van der Waals surface area (Å²) in [5, 5.41) is 10.4. The average molecular weight is 442 g/mol. The molecule has 4 rings (SSSR count). The maximum atomic E-state index is 10.4. The summed E-state index contributed by atoms with van der Waals surface area (Å²) < 4.78 is 5.87. The molecule has 0 amide bonds. The molecule has 2 atom stereocenters. The maximum Gasteiger partial charge on any atom is 0.178 e. The zero-order valence-electron chi connectivity index (χ0n) is 16.3. The third-order valence-corrected chi connectivity index (χ3v) is 5.97. The Bertz CT molecular complexity index is 742. The number of piperidine rings is 1. The quantitative estimate of drug-likeness (QED) is 0.707. The standard InChI is InChI=1S/C20H27N5O2.2ClH/c21-6-10-27-18-11-17(26)20(18)4-8-25(9-5-20)14-15-12-23-19(24-13-15)16-3-1-2-7-22-16;;/h1-3,7,12-13,17-18,26H,4-6,8-11,14,21H2;2*1H/t17-,18+;;/m1../s1. The molecule has 2 fully saturated rings. The van der Waals surface area contributed by atoms with Crippen LogP contribution in [0.5, 0.6) is 0 Å². The van der Waals surface area contributed by atoms with Crippen LogP contribution in [0.25, 0.3) is 11.5 Å². The van der Waals surface area contributed by atoms with Crippen molar-refractivity contribution in [3.8, 4) is 11.5 Å². The van der Waals surface area contributed by atoms with E-state index in [0.717, 1.165) is 50.2 Å². The monoisotopic (exact) mass is 441 g/mol. The summed E-state index contributed by atoms with van der Waals surface area (Å²) in [4.78, 5) is 15.6. The van der Waals surface area contributed by atoms with Gasteiger partial charge in [-0.25, -0.2) is 9.97 Å². The van der Waals surface area contributed by atoms with Crippen molar-refractivity contribution < 1.29 is 9.84 Å². The van der Waals surface area contributed by atoms with Gasteiger partial charge >= 0.3 is 0 Å². The lowest BCUT2D eigenvalue weighted by atomic mass is 9.58. The Labute approximate surface area is 183 Å². The zero-order valence-corrected chi connectivity index (χ0v) is 17.9. The molecule has 1 aliphatic carbocycles. The molecule has 1 aliphatic heterocycles. The van der Waals surface area contributed by atoms with E-state index in [2.05, 4.69) is 19.9 Å². The Morgan fingerprint density at radius 2 is 1.86 bits per heavy atom. The predicted octanol–water partition coefficient (Wildman–Crippen LogP) is 2.07. The number of nitrogens with zero attached hydrogens (tertiary/aromatic N) is 4. The SMILES string of the molecule is Cl.Cl.NCCO[C@H]1C[C@@H](O)C12CCN(Cc1cnc(-c3ccccn3)nc1)CC2. The highest BCUT2D eigenvalue weighted by atomic mass is 35.5. The molecule has 3 N–H and O–H groups in total. The fourth-order valence-electron chi connectivity index (χ4n) is 4.28. The zero-order chi connectivity index (χ0) is 18.7. The van der Waals surface area contributed by atoms with Crippen LogP contribution in [0, 0.1) is 5.41 Å². The van der Waals surface area contributed by atoms with Crippen molar-refractivity contribution in [2.45, 2.75) is 38.0 Å². The van der Waals surface area contributed by atoms with Gasteiger partial charge in [-0.3, -0.25) is 9.88 Å². The van der Waals surface area contributed by atoms with Crippen molar-refractivity contribution in [2.75, 3.05) is 26.2 Å². The predicted molar refractivity (Wildman–Crippen MR) is 116 cm³/mol. The second-order valence-electron chi connectivity index (χ2n) is 7.54. The first-order valence-electron chi connectivity index (χ1n) is 9.66. The van der Waals surface area contributed by atoms with Gasteiger partial charge < -0.3 is 15.6 Å². The number of likely N-dealkylation sites (tertiary alicyclic amines) is 1. The highest BCUT2D eigenvalue weighted by Crippen LogP contribution is 2.51. The van der Waals surface area contributed by atoms with E-state index in [1.54, 1.807) is 6.20 Å². The van der Waals surface area contributed by atoms with Crippen molar-refractivity contribution in [3.63, 3.8) is 0 Å². The van der Waals surface area contributed by atoms with Gasteiger partial charge in [0, 0.05) is 49.1 Å². The molecular weight excluding hydrogens is 413 g/mol. The number of hydrogen-bond donors (Lipinski definition) is 2. The third kappa shape index (κ3) is 5.05. The Hall–Kier alpha value is -1.35. The van der Waals surface area contributed by atoms with E-state index < -0.39 is 0 Å². The lowest BCUT2D eigenvalue weighted by Gasteiger charge is -2.56. The average Bonchev–Trinajstić information content (AvgIpc) is 2.73. The minimum absolute atomic E-state index is 0. The largest absolute Gasteiger partial charge is 0.392 e. The number of pyridine rings is 1. The van der Waals surface area contributed by atoms with Gasteiger partial charge in [0.05, 0.1) is 18.8 Å². The van der Waals surface area contributed by atoms with Crippen LogP contribution in [0.2, 0.25) is 0 Å². The van der Waals surface area contributed by atoms with Crippen molar-refractivity contribution in [2.24, 2.45) is 11.1 Å². The van der Waals surface area contributed by atoms with Crippen molar-refractivity contribution >= 4 is 24.8 Å². The van der Waals surface area contributed by atoms with Crippen LogP contribution < -0.4 is 5.73 Å². The number of nitrogens with two attached hydrogens (primary N) is 1. The van der Waals surface area contributed by atoms with Gasteiger partial charge in [-0.1, -0.05) is 6.07 Å². The smallest absolute Gasteiger partial charge is 0.178 e. The summed E-state index contributed by atoms with van der Waals surface area (Å²) in [7, 11) is 0. The van der Waals surface area contributed by atoms with Crippen LogP contribution in [0.1, 0.15) is 24.8 Å². The van der Waals surface area contributed by atoms with Gasteiger partial charge in [-0.2, -0.15) is 0 Å². The summed E-state index contributed by atoms with van der Waals surface area (Å²) >= 11 is 0. The minimum Gasteiger partial charge on any atom is -0.392 e. The Morgan fingerprint density at radius 1 is 1.14 bits per heavy atom. The lowest BCUT2D eigenvalue weighted by molar-refractivity contribution is -0.210. The van der Waals surface area contributed by atoms with Gasteiger partial charge in [0.25, 0.3) is 0 Å². The molecule has 3 heterocycles. The molecular formula is C20H29Cl2N5O2. The van der Waals surface area contributed by atoms with Crippen LogP contribution in [-0.2, 0) is 11.3 Å². The number of aliphatic hydroxyl groups is 1. The number of halogens is 2. The first-order valence-corrected chi connectivity index (χ1v) is 9.66. The van der Waals surface area contributed by atoms with Crippen molar-refractivity contribution in [1.82, 2.24) is 19.9 Å². The second-order valence-corrected chi connectivity index (χ2v) is 7.54. The van der Waals surface area contributed by atoms with Gasteiger partial charge in [-0.15, -0.1) is 24.8 Å². The molecule has 1 saturated carbocycles. The first kappa shape index (κ1) is 23.9. The number of aromatic nitrogens is 3.